The van der Waals surface area contributed by atoms with Crippen LogP contribution in [0.5, 0.6) is 5.75 Å². The summed E-state index contributed by atoms with van der Waals surface area (Å²) in [7, 11) is 4.78. The predicted octanol–water partition coefficient (Wildman–Crippen LogP) is 6.06. The number of ether oxygens (including phenoxy) is 1. The molecule has 0 bridgehead atoms. The van der Waals surface area contributed by atoms with Gasteiger partial charge in [0.25, 0.3) is 0 Å². The van der Waals surface area contributed by atoms with E-state index in [1.54, 1.807) is 0 Å². The Bertz CT molecular complexity index is 402. The van der Waals surface area contributed by atoms with Crippen molar-refractivity contribution < 1.29 is 9.22 Å². The molecule has 0 aliphatic rings. The summed E-state index contributed by atoms with van der Waals surface area (Å²) in [5, 5.41) is 0. The summed E-state index contributed by atoms with van der Waals surface area (Å²) in [4.78, 5) is 0. The average Bonchev–Trinajstić information content (AvgIpc) is 2.58. The van der Waals surface area contributed by atoms with E-state index in [-0.39, 0.29) is 0 Å². The fraction of sp³-hybridized carbons (Fsp3) is 0.727. The largest absolute Gasteiger partial charge is 0.488 e. The Hall–Kier alpha value is -1.02. The highest BCUT2D eigenvalue weighted by molar-refractivity contribution is 5.20. The molecule has 1 aromatic carbocycles. The lowest BCUT2D eigenvalue weighted by Crippen LogP contribution is -2.51. The van der Waals surface area contributed by atoms with Gasteiger partial charge in [0.05, 0.1) is 20.1 Å². The summed E-state index contributed by atoms with van der Waals surface area (Å²) in [5.74, 6) is 0.988. The maximum Gasteiger partial charge on any atom is 0.137 e. The number of unbranched alkanes of at least 4 members (excludes halogenated alkanes) is 5. The second kappa shape index (κ2) is 12.4. The van der Waals surface area contributed by atoms with Crippen LogP contribution in [0.2, 0.25) is 0 Å². The van der Waals surface area contributed by atoms with Crippen molar-refractivity contribution in [2.24, 2.45) is 0 Å². The van der Waals surface area contributed by atoms with Crippen LogP contribution in [0.3, 0.4) is 0 Å². The molecule has 138 valence electrons. The molecule has 0 aromatic heterocycles. The van der Waals surface area contributed by atoms with E-state index >= 15 is 0 Å². The molecule has 0 heterocycles. The molecule has 1 unspecified atom stereocenters. The summed E-state index contributed by atoms with van der Waals surface area (Å²) in [6.45, 7) is 6.47. The van der Waals surface area contributed by atoms with Gasteiger partial charge in [0, 0.05) is 0 Å². The maximum absolute atomic E-state index is 5.94. The molecule has 0 amide bonds. The van der Waals surface area contributed by atoms with Gasteiger partial charge >= 0.3 is 0 Å². The second-order valence-corrected chi connectivity index (χ2v) is 7.66. The maximum atomic E-state index is 5.94. The molecule has 0 radical (unpaired) electrons. The molecule has 24 heavy (non-hydrogen) atoms. The number of rotatable bonds is 14. The minimum Gasteiger partial charge on any atom is -0.488 e. The van der Waals surface area contributed by atoms with Gasteiger partial charge < -0.3 is 9.22 Å². The lowest BCUT2D eigenvalue weighted by atomic mass is 9.99. The fourth-order valence-corrected chi connectivity index (χ4v) is 3.36. The molecule has 0 aliphatic heterocycles. The van der Waals surface area contributed by atoms with E-state index in [4.69, 9.17) is 4.74 Å². The molecular formula is C22H40NO+. The molecule has 0 N–H and O–H groups in total. The molecule has 1 aromatic rings. The molecule has 0 saturated heterocycles. The first-order chi connectivity index (χ1) is 11.6. The van der Waals surface area contributed by atoms with Gasteiger partial charge in [-0.3, -0.25) is 0 Å². The molecular weight excluding hydrogens is 294 g/mol. The third kappa shape index (κ3) is 8.73. The summed E-state index contributed by atoms with van der Waals surface area (Å²) >= 11 is 0. The van der Waals surface area contributed by atoms with Crippen molar-refractivity contribution in [1.82, 2.24) is 0 Å². The Morgan fingerprint density at radius 1 is 0.833 bits per heavy atom. The van der Waals surface area contributed by atoms with E-state index in [1.165, 1.54) is 57.8 Å². The van der Waals surface area contributed by atoms with E-state index < -0.39 is 0 Å². The van der Waals surface area contributed by atoms with Gasteiger partial charge in [-0.2, -0.15) is 0 Å². The van der Waals surface area contributed by atoms with Crippen LogP contribution in [-0.2, 0) is 0 Å². The van der Waals surface area contributed by atoms with Crippen LogP contribution >= 0.6 is 0 Å². The first-order valence-corrected chi connectivity index (χ1v) is 10.1. The van der Waals surface area contributed by atoms with Crippen LogP contribution in [-0.4, -0.2) is 37.8 Å². The van der Waals surface area contributed by atoms with Gasteiger partial charge in [-0.05, 0) is 37.8 Å². The van der Waals surface area contributed by atoms with Crippen molar-refractivity contribution >= 4 is 0 Å². The van der Waals surface area contributed by atoms with Crippen molar-refractivity contribution in [3.8, 4) is 5.75 Å². The zero-order chi connectivity index (χ0) is 17.7. The summed E-state index contributed by atoms with van der Waals surface area (Å²) in [6.07, 6.45) is 12.3. The lowest BCUT2D eigenvalue weighted by Gasteiger charge is -2.38. The third-order valence-electron chi connectivity index (χ3n) is 5.20. The topological polar surface area (TPSA) is 9.23 Å². The monoisotopic (exact) mass is 334 g/mol. The normalized spacial score (nSPS) is 13.0. The van der Waals surface area contributed by atoms with Crippen molar-refractivity contribution in [3.63, 3.8) is 0 Å². The number of benzene rings is 1. The van der Waals surface area contributed by atoms with Crippen molar-refractivity contribution in [2.45, 2.75) is 77.7 Å². The predicted molar refractivity (Wildman–Crippen MR) is 106 cm³/mol. The highest BCUT2D eigenvalue weighted by Gasteiger charge is 2.27. The number of nitrogens with zero attached hydrogens (tertiary/aromatic N) is 1. The van der Waals surface area contributed by atoms with Gasteiger partial charge in [0.2, 0.25) is 0 Å². The van der Waals surface area contributed by atoms with Crippen LogP contribution in [0.4, 0.5) is 0 Å². The SMILES string of the molecule is CCCCCCCC(CCCC)[N+](C)(C)CCOc1ccccc1. The number of para-hydroxylation sites is 1. The van der Waals surface area contributed by atoms with Crippen LogP contribution < -0.4 is 4.74 Å². The van der Waals surface area contributed by atoms with Gasteiger partial charge in [-0.25, -0.2) is 0 Å². The van der Waals surface area contributed by atoms with Crippen molar-refractivity contribution in [3.05, 3.63) is 30.3 Å². The van der Waals surface area contributed by atoms with Crippen LogP contribution in [0, 0.1) is 0 Å². The fourth-order valence-electron chi connectivity index (χ4n) is 3.36. The molecule has 0 fully saturated rings. The van der Waals surface area contributed by atoms with Gasteiger partial charge in [0.15, 0.2) is 0 Å². The van der Waals surface area contributed by atoms with Crippen LogP contribution in [0.1, 0.15) is 71.6 Å². The minimum absolute atomic E-state index is 0.769. The first-order valence-electron chi connectivity index (χ1n) is 10.1. The highest BCUT2D eigenvalue weighted by atomic mass is 16.5. The van der Waals surface area contributed by atoms with E-state index in [0.717, 1.165) is 29.4 Å². The minimum atomic E-state index is 0.769. The van der Waals surface area contributed by atoms with Crippen molar-refractivity contribution in [1.29, 1.82) is 0 Å². The quantitative estimate of drug-likeness (QED) is 0.297. The second-order valence-electron chi connectivity index (χ2n) is 7.66. The van der Waals surface area contributed by atoms with Gasteiger partial charge in [0.1, 0.15) is 18.9 Å². The molecule has 2 heteroatoms. The third-order valence-corrected chi connectivity index (χ3v) is 5.20. The lowest BCUT2D eigenvalue weighted by molar-refractivity contribution is -0.915. The van der Waals surface area contributed by atoms with Crippen molar-refractivity contribution in [2.75, 3.05) is 27.2 Å². The molecule has 0 aliphatic carbocycles. The highest BCUT2D eigenvalue weighted by Crippen LogP contribution is 2.21. The number of likely N-dealkylation sites (N-methyl/N-ethyl adjacent to an activating group) is 1. The Labute approximate surface area is 150 Å². The summed E-state index contributed by atoms with van der Waals surface area (Å²) < 4.78 is 7.02. The van der Waals surface area contributed by atoms with Crippen LogP contribution in [0.25, 0.3) is 0 Å². The Morgan fingerprint density at radius 3 is 2.12 bits per heavy atom. The Balaban J connectivity index is 2.42. The zero-order valence-corrected chi connectivity index (χ0v) is 16.6. The van der Waals surface area contributed by atoms with Crippen LogP contribution in [0.15, 0.2) is 30.3 Å². The number of hydrogen-bond acceptors (Lipinski definition) is 1. The summed E-state index contributed by atoms with van der Waals surface area (Å²) in [6, 6.07) is 11.0. The van der Waals surface area contributed by atoms with E-state index in [1.807, 2.05) is 30.3 Å². The summed E-state index contributed by atoms with van der Waals surface area (Å²) in [5.41, 5.74) is 0. The molecule has 1 rings (SSSR count). The zero-order valence-electron chi connectivity index (χ0n) is 16.6. The van der Waals surface area contributed by atoms with Gasteiger partial charge in [-0.1, -0.05) is 64.2 Å². The molecule has 0 saturated carbocycles. The Kier molecular flexibility index (Phi) is 10.8. The number of hydrogen-bond donors (Lipinski definition) is 0. The molecule has 2 nitrogen and oxygen atoms in total. The first kappa shape index (κ1) is 21.0. The average molecular weight is 335 g/mol. The Morgan fingerprint density at radius 2 is 1.46 bits per heavy atom. The number of quaternary nitrogens is 1. The smallest absolute Gasteiger partial charge is 0.137 e. The van der Waals surface area contributed by atoms with E-state index in [2.05, 4.69) is 27.9 Å². The molecule has 1 atom stereocenters. The molecule has 0 spiro atoms. The van der Waals surface area contributed by atoms with E-state index in [9.17, 15) is 0 Å². The van der Waals surface area contributed by atoms with E-state index in [0.29, 0.717) is 0 Å². The van der Waals surface area contributed by atoms with Gasteiger partial charge in [-0.15, -0.1) is 0 Å². The standard InChI is InChI=1S/C22H40NO/c1-5-7-9-10-12-16-21(15-8-6-2)23(3,4)19-20-24-22-17-13-11-14-18-22/h11,13-14,17-18,21H,5-10,12,15-16,19-20H2,1-4H3/q+1.